The number of fused-ring (bicyclic) bond motifs is 1. The molecule has 0 bridgehead atoms. The highest BCUT2D eigenvalue weighted by molar-refractivity contribution is 6.31. The van der Waals surface area contributed by atoms with E-state index < -0.39 is 0 Å². The molecule has 1 N–H and O–H groups in total. The third-order valence-electron chi connectivity index (χ3n) is 3.67. The number of aromatic nitrogens is 1. The molecule has 1 aromatic heterocycles. The first-order valence-corrected chi connectivity index (χ1v) is 7.09. The molecule has 0 aliphatic carbocycles. The number of benzene rings is 2. The summed E-state index contributed by atoms with van der Waals surface area (Å²) in [5.74, 6) is 0. The van der Waals surface area contributed by atoms with Gasteiger partial charge in [0.1, 0.15) is 0 Å². The maximum Gasteiger partial charge on any atom is 0.276 e. The molecule has 3 rings (SSSR count). The van der Waals surface area contributed by atoms with Gasteiger partial charge in [0, 0.05) is 28.7 Å². The van der Waals surface area contributed by atoms with Crippen LogP contribution in [0.15, 0.2) is 53.3 Å². The lowest BCUT2D eigenvalue weighted by Gasteiger charge is -2.17. The van der Waals surface area contributed by atoms with E-state index in [4.69, 9.17) is 11.6 Å². The zero-order chi connectivity index (χ0) is 15.0. The van der Waals surface area contributed by atoms with E-state index in [1.165, 1.54) is 0 Å². The molecular weight excluding hydrogens is 284 g/mol. The van der Waals surface area contributed by atoms with E-state index in [-0.39, 0.29) is 5.56 Å². The van der Waals surface area contributed by atoms with Crippen molar-refractivity contribution in [2.45, 2.75) is 6.92 Å². The van der Waals surface area contributed by atoms with Crippen LogP contribution in [0, 0.1) is 6.92 Å². The van der Waals surface area contributed by atoms with Crippen molar-refractivity contribution in [3.8, 4) is 11.1 Å². The van der Waals surface area contributed by atoms with Gasteiger partial charge in [-0.2, -0.15) is 0 Å². The van der Waals surface area contributed by atoms with Gasteiger partial charge in [0.2, 0.25) is 0 Å². The van der Waals surface area contributed by atoms with Crippen LogP contribution in [-0.4, -0.2) is 11.7 Å². The molecule has 3 nitrogen and oxygen atoms in total. The van der Waals surface area contributed by atoms with Gasteiger partial charge >= 0.3 is 0 Å². The van der Waals surface area contributed by atoms with Crippen LogP contribution in [-0.2, 0) is 0 Å². The van der Waals surface area contributed by atoms with Crippen molar-refractivity contribution >= 4 is 22.4 Å². The van der Waals surface area contributed by atoms with E-state index in [9.17, 15) is 4.79 Å². The fourth-order valence-electron chi connectivity index (χ4n) is 2.73. The summed E-state index contributed by atoms with van der Waals surface area (Å²) in [5.41, 5.74) is 5.82. The molecule has 21 heavy (non-hydrogen) atoms. The lowest BCUT2D eigenvalue weighted by Crippen LogP contribution is -2.29. The fourth-order valence-corrected chi connectivity index (χ4v) is 2.90. The van der Waals surface area contributed by atoms with Crippen LogP contribution in [0.3, 0.4) is 0 Å². The highest BCUT2D eigenvalue weighted by Gasteiger charge is 2.14. The van der Waals surface area contributed by atoms with Crippen LogP contribution in [0.4, 0.5) is 0 Å². The number of nitrogens with one attached hydrogen (secondary N) is 1. The first-order chi connectivity index (χ1) is 10.1. The van der Waals surface area contributed by atoms with Crippen LogP contribution in [0.5, 0.6) is 0 Å². The Bertz CT molecular complexity index is 869. The number of hydrogen-bond donors (Lipinski definition) is 1. The van der Waals surface area contributed by atoms with E-state index in [1.54, 1.807) is 23.9 Å². The van der Waals surface area contributed by atoms with Crippen LogP contribution in [0.2, 0.25) is 5.02 Å². The lowest BCUT2D eigenvalue weighted by atomic mass is 9.97. The predicted octanol–water partition coefficient (Wildman–Crippen LogP) is 3.80. The van der Waals surface area contributed by atoms with Gasteiger partial charge in [0.25, 0.3) is 5.56 Å². The number of halogens is 1. The van der Waals surface area contributed by atoms with E-state index in [0.717, 1.165) is 22.2 Å². The topological polar surface area (TPSA) is 34.0 Å². The van der Waals surface area contributed by atoms with Gasteiger partial charge in [-0.25, -0.2) is 4.68 Å². The monoisotopic (exact) mass is 298 g/mol. The maximum absolute atomic E-state index is 12.5. The summed E-state index contributed by atoms with van der Waals surface area (Å²) in [5, 5.41) is 2.15. The summed E-state index contributed by atoms with van der Waals surface area (Å²) >= 11 is 6.13. The van der Waals surface area contributed by atoms with E-state index in [2.05, 4.69) is 5.43 Å². The second-order valence-corrected chi connectivity index (χ2v) is 5.32. The van der Waals surface area contributed by atoms with Crippen LogP contribution < -0.4 is 11.0 Å². The van der Waals surface area contributed by atoms with Gasteiger partial charge in [-0.1, -0.05) is 41.9 Å². The minimum atomic E-state index is -0.0682. The minimum absolute atomic E-state index is 0.0682. The van der Waals surface area contributed by atoms with E-state index in [1.807, 2.05) is 43.3 Å². The Kier molecular flexibility index (Phi) is 3.43. The Morgan fingerprint density at radius 1 is 1.05 bits per heavy atom. The van der Waals surface area contributed by atoms with Crippen molar-refractivity contribution in [2.24, 2.45) is 0 Å². The molecule has 0 radical (unpaired) electrons. The van der Waals surface area contributed by atoms with Crippen molar-refractivity contribution in [3.05, 3.63) is 69.6 Å². The molecule has 0 saturated heterocycles. The molecule has 106 valence electrons. The molecule has 1 heterocycles. The standard InChI is InChI=1S/C17H15ClN2O/c1-11-16(12-6-4-3-5-7-12)15-10-13(18)8-9-14(15)17(21)20(11)19-2/h3-10,19H,1-2H3. The molecule has 0 unspecified atom stereocenters. The summed E-state index contributed by atoms with van der Waals surface area (Å²) < 4.78 is 1.57. The summed E-state index contributed by atoms with van der Waals surface area (Å²) in [6.45, 7) is 1.93. The summed E-state index contributed by atoms with van der Waals surface area (Å²) in [7, 11) is 1.74. The average molecular weight is 299 g/mol. The fraction of sp³-hybridized carbons (Fsp3) is 0.118. The number of nitrogens with zero attached hydrogens (tertiary/aromatic N) is 1. The van der Waals surface area contributed by atoms with Gasteiger partial charge in [-0.3, -0.25) is 4.79 Å². The van der Waals surface area contributed by atoms with Gasteiger partial charge < -0.3 is 5.43 Å². The third kappa shape index (κ3) is 2.20. The Morgan fingerprint density at radius 2 is 1.76 bits per heavy atom. The number of rotatable bonds is 2. The van der Waals surface area contributed by atoms with Gasteiger partial charge in [0.05, 0.1) is 0 Å². The number of pyridine rings is 1. The molecule has 0 saturated carbocycles. The average Bonchev–Trinajstić information content (AvgIpc) is 2.48. The van der Waals surface area contributed by atoms with E-state index in [0.29, 0.717) is 10.4 Å². The van der Waals surface area contributed by atoms with Crippen molar-refractivity contribution in [1.29, 1.82) is 0 Å². The van der Waals surface area contributed by atoms with Crippen LogP contribution in [0.1, 0.15) is 5.69 Å². The predicted molar refractivity (Wildman–Crippen MR) is 88.7 cm³/mol. The SMILES string of the molecule is CNn1c(C)c(-c2ccccc2)c2cc(Cl)ccc2c1=O. The zero-order valence-corrected chi connectivity index (χ0v) is 12.6. The molecule has 3 aromatic rings. The van der Waals surface area contributed by atoms with Crippen molar-refractivity contribution < 1.29 is 0 Å². The summed E-state index contributed by atoms with van der Waals surface area (Å²) in [4.78, 5) is 12.5. The second-order valence-electron chi connectivity index (χ2n) is 4.88. The molecule has 0 amide bonds. The zero-order valence-electron chi connectivity index (χ0n) is 11.9. The Balaban J connectivity index is 2.52. The maximum atomic E-state index is 12.5. The largest absolute Gasteiger partial charge is 0.326 e. The van der Waals surface area contributed by atoms with Crippen LogP contribution in [0.25, 0.3) is 21.9 Å². The molecule has 0 spiro atoms. The first-order valence-electron chi connectivity index (χ1n) is 6.71. The third-order valence-corrected chi connectivity index (χ3v) is 3.90. The molecule has 0 aliphatic rings. The molecule has 0 atom stereocenters. The second kappa shape index (κ2) is 5.26. The molecule has 0 fully saturated rings. The Hall–Kier alpha value is -2.26. The highest BCUT2D eigenvalue weighted by atomic mass is 35.5. The minimum Gasteiger partial charge on any atom is -0.326 e. The quantitative estimate of drug-likeness (QED) is 0.781. The van der Waals surface area contributed by atoms with Gasteiger partial charge in [-0.05, 0) is 36.1 Å². The Morgan fingerprint density at radius 3 is 2.43 bits per heavy atom. The van der Waals surface area contributed by atoms with Gasteiger partial charge in [-0.15, -0.1) is 0 Å². The number of hydrogen-bond acceptors (Lipinski definition) is 2. The molecule has 4 heteroatoms. The summed E-state index contributed by atoms with van der Waals surface area (Å²) in [6, 6.07) is 15.4. The Labute approximate surface area is 127 Å². The molecule has 2 aromatic carbocycles. The molecule has 0 aliphatic heterocycles. The smallest absolute Gasteiger partial charge is 0.276 e. The van der Waals surface area contributed by atoms with Crippen LogP contribution >= 0.6 is 11.6 Å². The van der Waals surface area contributed by atoms with Crippen molar-refractivity contribution in [3.63, 3.8) is 0 Å². The first kappa shape index (κ1) is 13.7. The summed E-state index contributed by atoms with van der Waals surface area (Å²) in [6.07, 6.45) is 0. The van der Waals surface area contributed by atoms with Gasteiger partial charge in [0.15, 0.2) is 0 Å². The van der Waals surface area contributed by atoms with E-state index >= 15 is 0 Å². The molecular formula is C17H15ClN2O. The normalized spacial score (nSPS) is 10.8. The van der Waals surface area contributed by atoms with Crippen molar-refractivity contribution in [1.82, 2.24) is 4.68 Å². The lowest BCUT2D eigenvalue weighted by molar-refractivity contribution is 0.845. The highest BCUT2D eigenvalue weighted by Crippen LogP contribution is 2.31. The van der Waals surface area contributed by atoms with Crippen molar-refractivity contribution in [2.75, 3.05) is 12.5 Å².